The summed E-state index contributed by atoms with van der Waals surface area (Å²) in [6, 6.07) is 19.1. The molecule has 3 rings (SSSR count). The third-order valence-electron chi connectivity index (χ3n) is 3.97. The van der Waals surface area contributed by atoms with E-state index in [0.29, 0.717) is 17.8 Å². The first-order valence-corrected chi connectivity index (χ1v) is 8.10. The molecule has 1 heterocycles. The van der Waals surface area contributed by atoms with Crippen LogP contribution in [0.4, 0.5) is 0 Å². The maximum atomic E-state index is 13.0. The molecule has 0 radical (unpaired) electrons. The van der Waals surface area contributed by atoms with Crippen molar-refractivity contribution in [3.63, 3.8) is 0 Å². The molecule has 5 nitrogen and oxygen atoms in total. The Morgan fingerprint density at radius 2 is 1.72 bits per heavy atom. The van der Waals surface area contributed by atoms with Crippen LogP contribution in [0.1, 0.15) is 34.7 Å². The van der Waals surface area contributed by atoms with E-state index in [9.17, 15) is 9.90 Å². The number of hydrogen-bond acceptors (Lipinski definition) is 4. The van der Waals surface area contributed by atoms with Crippen LogP contribution in [0.5, 0.6) is 0 Å². The highest BCUT2D eigenvalue weighted by Crippen LogP contribution is 2.30. The zero-order valence-electron chi connectivity index (χ0n) is 14.2. The molecule has 2 aromatic carbocycles. The van der Waals surface area contributed by atoms with Gasteiger partial charge < -0.3 is 14.5 Å². The van der Waals surface area contributed by atoms with Gasteiger partial charge in [-0.3, -0.25) is 4.79 Å². The fourth-order valence-electron chi connectivity index (χ4n) is 2.71. The summed E-state index contributed by atoms with van der Waals surface area (Å²) in [5, 5.41) is 14.0. The minimum absolute atomic E-state index is 0.184. The third-order valence-corrected chi connectivity index (χ3v) is 3.97. The number of nitrogens with zero attached hydrogens (tertiary/aromatic N) is 2. The number of carbonyl (C=O) groups excluding carboxylic acids is 1. The number of aromatic nitrogens is 1. The normalized spacial score (nSPS) is 12.0. The van der Waals surface area contributed by atoms with Crippen LogP contribution in [0.25, 0.3) is 11.3 Å². The topological polar surface area (TPSA) is 66.6 Å². The number of hydrogen-bond donors (Lipinski definition) is 1. The van der Waals surface area contributed by atoms with Crippen molar-refractivity contribution in [2.75, 3.05) is 7.05 Å². The van der Waals surface area contributed by atoms with Gasteiger partial charge in [-0.2, -0.15) is 0 Å². The van der Waals surface area contributed by atoms with Crippen LogP contribution in [0, 0.1) is 0 Å². The molecule has 0 aliphatic heterocycles. The Bertz CT molecular complexity index is 842. The van der Waals surface area contributed by atoms with Crippen molar-refractivity contribution in [1.29, 1.82) is 0 Å². The van der Waals surface area contributed by atoms with E-state index in [1.807, 2.05) is 60.7 Å². The van der Waals surface area contributed by atoms with Crippen LogP contribution < -0.4 is 0 Å². The molecule has 3 aromatic rings. The summed E-state index contributed by atoms with van der Waals surface area (Å²) in [4.78, 5) is 14.6. The number of amides is 1. The molecular formula is C20H20N2O3. The smallest absolute Gasteiger partial charge is 0.259 e. The minimum Gasteiger partial charge on any atom is -0.385 e. The average Bonchev–Trinajstić information content (AvgIpc) is 3.08. The summed E-state index contributed by atoms with van der Waals surface area (Å²) >= 11 is 0. The van der Waals surface area contributed by atoms with Gasteiger partial charge in [-0.1, -0.05) is 65.8 Å². The van der Waals surface area contributed by atoms with Crippen molar-refractivity contribution in [3.8, 4) is 11.3 Å². The van der Waals surface area contributed by atoms with Crippen LogP contribution >= 0.6 is 0 Å². The highest BCUT2D eigenvalue weighted by Gasteiger charge is 2.28. The highest BCUT2D eigenvalue weighted by molar-refractivity contribution is 6.00. The first-order chi connectivity index (χ1) is 12.1. The fraction of sp³-hybridized carbons (Fsp3) is 0.200. The van der Waals surface area contributed by atoms with Crippen molar-refractivity contribution in [2.45, 2.75) is 19.6 Å². The van der Waals surface area contributed by atoms with Crippen molar-refractivity contribution in [3.05, 3.63) is 77.6 Å². The molecule has 0 unspecified atom stereocenters. The predicted octanol–water partition coefficient (Wildman–Crippen LogP) is 3.67. The summed E-state index contributed by atoms with van der Waals surface area (Å²) in [5.41, 5.74) is 2.55. The molecule has 0 aliphatic carbocycles. The standard InChI is InChI=1S/C20H20N2O3/c1-14(23)19-17(18(21-25-19)16-11-7-4-8-12-16)20(24)22(2)13-15-9-5-3-6-10-15/h3-12,14,23H,13H2,1-2H3/t14-/m0/s1. The molecule has 1 N–H and O–H groups in total. The molecule has 0 bridgehead atoms. The van der Waals surface area contributed by atoms with Gasteiger partial charge in [-0.15, -0.1) is 0 Å². The van der Waals surface area contributed by atoms with Crippen LogP contribution in [0.15, 0.2) is 65.2 Å². The van der Waals surface area contributed by atoms with Gasteiger partial charge in [0.2, 0.25) is 0 Å². The van der Waals surface area contributed by atoms with Crippen LogP contribution in [-0.4, -0.2) is 28.1 Å². The summed E-state index contributed by atoms with van der Waals surface area (Å²) in [7, 11) is 1.73. The SMILES string of the molecule is C[C@H](O)c1onc(-c2ccccc2)c1C(=O)N(C)Cc1ccccc1. The third kappa shape index (κ3) is 3.61. The molecule has 1 aromatic heterocycles. The lowest BCUT2D eigenvalue weighted by Gasteiger charge is -2.18. The lowest BCUT2D eigenvalue weighted by molar-refractivity contribution is 0.0773. The summed E-state index contributed by atoms with van der Waals surface area (Å²) in [5.74, 6) is -0.0522. The van der Waals surface area contributed by atoms with Gasteiger partial charge in [-0.05, 0) is 12.5 Å². The van der Waals surface area contributed by atoms with Gasteiger partial charge in [0.15, 0.2) is 5.76 Å². The van der Waals surface area contributed by atoms with E-state index in [2.05, 4.69) is 5.16 Å². The summed E-state index contributed by atoms with van der Waals surface area (Å²) in [6.45, 7) is 2.02. The maximum Gasteiger partial charge on any atom is 0.259 e. The molecule has 0 saturated carbocycles. The van der Waals surface area contributed by atoms with Gasteiger partial charge in [0.05, 0.1) is 0 Å². The number of rotatable bonds is 5. The molecule has 1 atom stereocenters. The second-order valence-electron chi connectivity index (χ2n) is 5.96. The van der Waals surface area contributed by atoms with Crippen molar-refractivity contribution in [1.82, 2.24) is 10.1 Å². The Hall–Kier alpha value is -2.92. The fourth-order valence-corrected chi connectivity index (χ4v) is 2.71. The Kier molecular flexibility index (Phi) is 4.95. The Morgan fingerprint density at radius 1 is 1.12 bits per heavy atom. The molecule has 0 spiro atoms. The lowest BCUT2D eigenvalue weighted by Crippen LogP contribution is -2.27. The van der Waals surface area contributed by atoms with Crippen LogP contribution in [0.2, 0.25) is 0 Å². The number of carbonyl (C=O) groups is 1. The minimum atomic E-state index is -0.922. The van der Waals surface area contributed by atoms with Crippen LogP contribution in [-0.2, 0) is 6.54 Å². The molecule has 0 saturated heterocycles. The van der Waals surface area contributed by atoms with Gasteiger partial charge in [0.25, 0.3) is 5.91 Å². The molecule has 128 valence electrons. The lowest BCUT2D eigenvalue weighted by atomic mass is 10.0. The van der Waals surface area contributed by atoms with Crippen molar-refractivity contribution < 1.29 is 14.4 Å². The second kappa shape index (κ2) is 7.32. The van der Waals surface area contributed by atoms with E-state index in [1.54, 1.807) is 18.9 Å². The Labute approximate surface area is 146 Å². The number of aliphatic hydroxyl groups excluding tert-OH is 1. The molecule has 1 amide bonds. The zero-order valence-corrected chi connectivity index (χ0v) is 14.2. The molecular weight excluding hydrogens is 316 g/mol. The molecule has 25 heavy (non-hydrogen) atoms. The van der Waals surface area contributed by atoms with Crippen molar-refractivity contribution >= 4 is 5.91 Å². The Morgan fingerprint density at radius 3 is 2.32 bits per heavy atom. The maximum absolute atomic E-state index is 13.0. The second-order valence-corrected chi connectivity index (χ2v) is 5.96. The van der Waals surface area contributed by atoms with E-state index < -0.39 is 6.10 Å². The first kappa shape index (κ1) is 16.9. The van der Waals surface area contributed by atoms with Crippen LogP contribution in [0.3, 0.4) is 0 Å². The monoisotopic (exact) mass is 336 g/mol. The van der Waals surface area contributed by atoms with E-state index in [1.165, 1.54) is 0 Å². The zero-order chi connectivity index (χ0) is 17.8. The van der Waals surface area contributed by atoms with E-state index in [0.717, 1.165) is 11.1 Å². The molecule has 0 fully saturated rings. The van der Waals surface area contributed by atoms with E-state index in [4.69, 9.17) is 4.52 Å². The van der Waals surface area contributed by atoms with Gasteiger partial charge in [0.1, 0.15) is 17.4 Å². The van der Waals surface area contributed by atoms with E-state index >= 15 is 0 Å². The molecule has 5 heteroatoms. The first-order valence-electron chi connectivity index (χ1n) is 8.10. The van der Waals surface area contributed by atoms with Gasteiger partial charge in [0, 0.05) is 19.2 Å². The number of benzene rings is 2. The predicted molar refractivity (Wildman–Crippen MR) is 94.8 cm³/mol. The number of aliphatic hydroxyl groups is 1. The largest absolute Gasteiger partial charge is 0.385 e. The van der Waals surface area contributed by atoms with Gasteiger partial charge in [-0.25, -0.2) is 0 Å². The average molecular weight is 336 g/mol. The van der Waals surface area contributed by atoms with E-state index in [-0.39, 0.29) is 11.7 Å². The highest BCUT2D eigenvalue weighted by atomic mass is 16.5. The molecule has 0 aliphatic rings. The summed E-state index contributed by atoms with van der Waals surface area (Å²) in [6.07, 6.45) is -0.922. The van der Waals surface area contributed by atoms with Gasteiger partial charge >= 0.3 is 0 Å². The quantitative estimate of drug-likeness (QED) is 0.772. The Balaban J connectivity index is 1.97. The summed E-state index contributed by atoms with van der Waals surface area (Å²) < 4.78 is 5.29. The van der Waals surface area contributed by atoms with Crippen molar-refractivity contribution in [2.24, 2.45) is 0 Å².